The van der Waals surface area contributed by atoms with E-state index in [1.165, 1.54) is 12.1 Å². The first-order valence-electron chi connectivity index (χ1n) is 7.68. The van der Waals surface area contributed by atoms with Gasteiger partial charge in [0.15, 0.2) is 0 Å². The molecular weight excluding hydrogens is 312 g/mol. The van der Waals surface area contributed by atoms with Crippen LogP contribution >= 0.6 is 0 Å². The largest absolute Gasteiger partial charge is 0.347 e. The quantitative estimate of drug-likeness (QED) is 0.622. The second-order valence-electron chi connectivity index (χ2n) is 5.89. The number of aromatic amines is 2. The van der Waals surface area contributed by atoms with Crippen molar-refractivity contribution in [3.63, 3.8) is 0 Å². The first kappa shape index (κ1) is 17.5. The van der Waals surface area contributed by atoms with Crippen LogP contribution in [0.2, 0.25) is 0 Å². The average Bonchev–Trinajstić information content (AvgIpc) is 2.54. The summed E-state index contributed by atoms with van der Waals surface area (Å²) in [5, 5.41) is 9.79. The minimum absolute atomic E-state index is 0.0979. The summed E-state index contributed by atoms with van der Waals surface area (Å²) in [6.45, 7) is 3.83. The molecule has 24 heavy (non-hydrogen) atoms. The minimum atomic E-state index is -0.513. The van der Waals surface area contributed by atoms with Gasteiger partial charge in [-0.3, -0.25) is 29.4 Å². The summed E-state index contributed by atoms with van der Waals surface area (Å²) in [5.41, 5.74) is -0.745. The van der Waals surface area contributed by atoms with Crippen LogP contribution in [-0.4, -0.2) is 28.6 Å². The topological polar surface area (TPSA) is 124 Å². The number of fused-ring (bicyclic) bond motifs is 1. The number of hydrogen-bond acceptors (Lipinski definition) is 4. The fourth-order valence-corrected chi connectivity index (χ4v) is 2.22. The zero-order valence-corrected chi connectivity index (χ0v) is 13.6. The van der Waals surface area contributed by atoms with Crippen LogP contribution < -0.4 is 21.8 Å². The molecule has 2 aromatic rings. The number of benzene rings is 1. The minimum Gasteiger partial charge on any atom is -0.347 e. The number of nitrogens with one attached hydrogen (secondary N) is 4. The van der Waals surface area contributed by atoms with Crippen LogP contribution in [0, 0.1) is 5.92 Å². The van der Waals surface area contributed by atoms with Crippen LogP contribution in [-0.2, 0) is 9.59 Å². The van der Waals surface area contributed by atoms with Gasteiger partial charge in [-0.25, -0.2) is 0 Å². The average molecular weight is 332 g/mol. The first-order valence-corrected chi connectivity index (χ1v) is 7.68. The highest BCUT2D eigenvalue weighted by Gasteiger charge is 2.11. The van der Waals surface area contributed by atoms with Crippen molar-refractivity contribution < 1.29 is 9.59 Å². The molecule has 2 rings (SSSR count). The zero-order chi connectivity index (χ0) is 17.7. The Hall–Kier alpha value is -2.90. The Morgan fingerprint density at radius 3 is 2.50 bits per heavy atom. The van der Waals surface area contributed by atoms with Gasteiger partial charge >= 0.3 is 0 Å². The van der Waals surface area contributed by atoms with Gasteiger partial charge in [0.1, 0.15) is 0 Å². The lowest BCUT2D eigenvalue weighted by molar-refractivity contribution is -0.124. The van der Waals surface area contributed by atoms with Crippen LogP contribution in [0.15, 0.2) is 27.8 Å². The summed E-state index contributed by atoms with van der Waals surface area (Å²) in [6.07, 6.45) is 1.10. The van der Waals surface area contributed by atoms with Crippen molar-refractivity contribution in [2.75, 3.05) is 11.9 Å². The molecule has 0 radical (unpaired) electrons. The predicted molar refractivity (Wildman–Crippen MR) is 90.9 cm³/mol. The number of aromatic nitrogens is 2. The second-order valence-corrected chi connectivity index (χ2v) is 5.89. The van der Waals surface area contributed by atoms with Crippen LogP contribution in [0.25, 0.3) is 10.8 Å². The van der Waals surface area contributed by atoms with E-state index >= 15 is 0 Å². The van der Waals surface area contributed by atoms with E-state index in [9.17, 15) is 19.2 Å². The second kappa shape index (κ2) is 7.58. The summed E-state index contributed by atoms with van der Waals surface area (Å²) >= 11 is 0. The molecule has 0 saturated heterocycles. The van der Waals surface area contributed by atoms with Gasteiger partial charge in [-0.2, -0.15) is 0 Å². The van der Waals surface area contributed by atoms with Crippen LogP contribution in [0.3, 0.4) is 0 Å². The van der Waals surface area contributed by atoms with Crippen molar-refractivity contribution in [1.82, 2.24) is 15.5 Å². The van der Waals surface area contributed by atoms with Gasteiger partial charge < -0.3 is 10.6 Å². The highest BCUT2D eigenvalue weighted by Crippen LogP contribution is 2.16. The van der Waals surface area contributed by atoms with Crippen molar-refractivity contribution in [3.05, 3.63) is 38.9 Å². The van der Waals surface area contributed by atoms with Gasteiger partial charge in [0.05, 0.1) is 23.0 Å². The van der Waals surface area contributed by atoms with Crippen molar-refractivity contribution in [1.29, 1.82) is 0 Å². The smallest absolute Gasteiger partial charge is 0.272 e. The molecule has 0 unspecified atom stereocenters. The summed E-state index contributed by atoms with van der Waals surface area (Å²) < 4.78 is 0. The van der Waals surface area contributed by atoms with E-state index in [2.05, 4.69) is 20.8 Å². The predicted octanol–water partition coefficient (Wildman–Crippen LogP) is 0.707. The molecule has 2 amide bonds. The molecule has 0 spiro atoms. The van der Waals surface area contributed by atoms with E-state index in [0.717, 1.165) is 6.42 Å². The molecule has 8 heteroatoms. The SMILES string of the molecule is CC(C)CCC(=O)NCC(=O)Nc1cccc2c(=O)[nH][nH]c(=O)c12. The maximum Gasteiger partial charge on any atom is 0.272 e. The molecule has 1 aromatic heterocycles. The maximum absolute atomic E-state index is 12.0. The highest BCUT2D eigenvalue weighted by atomic mass is 16.2. The molecule has 0 bridgehead atoms. The molecule has 128 valence electrons. The van der Waals surface area contributed by atoms with Crippen molar-refractivity contribution in [2.24, 2.45) is 5.92 Å². The number of rotatable bonds is 6. The highest BCUT2D eigenvalue weighted by molar-refractivity contribution is 6.02. The third kappa shape index (κ3) is 4.31. The van der Waals surface area contributed by atoms with Crippen LogP contribution in [0.1, 0.15) is 26.7 Å². The fourth-order valence-electron chi connectivity index (χ4n) is 2.22. The van der Waals surface area contributed by atoms with E-state index in [4.69, 9.17) is 0 Å². The molecular formula is C16H20N4O4. The number of amides is 2. The van der Waals surface area contributed by atoms with Crippen LogP contribution in [0.4, 0.5) is 5.69 Å². The Balaban J connectivity index is 2.06. The molecule has 0 saturated carbocycles. The van der Waals surface area contributed by atoms with E-state index in [0.29, 0.717) is 12.3 Å². The molecule has 4 N–H and O–H groups in total. The zero-order valence-electron chi connectivity index (χ0n) is 13.6. The molecule has 0 aliphatic heterocycles. The molecule has 0 aliphatic rings. The third-order valence-corrected chi connectivity index (χ3v) is 3.49. The number of anilines is 1. The summed E-state index contributed by atoms with van der Waals surface area (Å²) in [4.78, 5) is 47.2. The number of H-pyrrole nitrogens is 2. The van der Waals surface area contributed by atoms with E-state index in [-0.39, 0.29) is 28.9 Å². The third-order valence-electron chi connectivity index (χ3n) is 3.49. The van der Waals surface area contributed by atoms with Gasteiger partial charge in [0, 0.05) is 6.42 Å². The van der Waals surface area contributed by atoms with Crippen LogP contribution in [0.5, 0.6) is 0 Å². The number of hydrogen-bond donors (Lipinski definition) is 4. The molecule has 0 fully saturated rings. The van der Waals surface area contributed by atoms with Crippen molar-refractivity contribution in [2.45, 2.75) is 26.7 Å². The normalized spacial score (nSPS) is 10.8. The van der Waals surface area contributed by atoms with Gasteiger partial charge in [0.25, 0.3) is 11.1 Å². The van der Waals surface area contributed by atoms with Gasteiger partial charge in [0.2, 0.25) is 11.8 Å². The lowest BCUT2D eigenvalue weighted by Crippen LogP contribution is -2.33. The monoisotopic (exact) mass is 332 g/mol. The Bertz CT molecular complexity index is 866. The number of carbonyl (C=O) groups excluding carboxylic acids is 2. The van der Waals surface area contributed by atoms with Crippen molar-refractivity contribution >= 4 is 28.3 Å². The summed E-state index contributed by atoms with van der Waals surface area (Å²) in [7, 11) is 0. The maximum atomic E-state index is 12.0. The summed E-state index contributed by atoms with van der Waals surface area (Å²) in [5.74, 6) is -0.267. The Labute approximate surface area is 137 Å². The Kier molecular flexibility index (Phi) is 5.51. The number of carbonyl (C=O) groups is 2. The van der Waals surface area contributed by atoms with Crippen molar-refractivity contribution in [3.8, 4) is 0 Å². The molecule has 1 aromatic carbocycles. The first-order chi connectivity index (χ1) is 11.4. The standard InChI is InChI=1S/C16H20N4O4/c1-9(2)6-7-12(21)17-8-13(22)18-11-5-3-4-10-14(11)16(24)20-19-15(10)23/h3-5,9H,6-8H2,1-2H3,(H,17,21)(H,18,22)(H,19,23)(H,20,24). The van der Waals surface area contributed by atoms with Gasteiger partial charge in [-0.1, -0.05) is 19.9 Å². The molecule has 0 atom stereocenters. The lowest BCUT2D eigenvalue weighted by atomic mass is 10.1. The lowest BCUT2D eigenvalue weighted by Gasteiger charge is -2.09. The fraction of sp³-hybridized carbons (Fsp3) is 0.375. The van der Waals surface area contributed by atoms with Gasteiger partial charge in [-0.05, 0) is 24.5 Å². The Morgan fingerprint density at radius 2 is 1.79 bits per heavy atom. The van der Waals surface area contributed by atoms with E-state index in [1.54, 1.807) is 6.07 Å². The molecule has 8 nitrogen and oxygen atoms in total. The summed E-state index contributed by atoms with van der Waals surface area (Å²) in [6, 6.07) is 4.58. The molecule has 1 heterocycles. The van der Waals surface area contributed by atoms with E-state index in [1.807, 2.05) is 13.8 Å². The molecule has 0 aliphatic carbocycles. The van der Waals surface area contributed by atoms with Gasteiger partial charge in [-0.15, -0.1) is 0 Å². The van der Waals surface area contributed by atoms with E-state index < -0.39 is 17.0 Å². The Morgan fingerprint density at radius 1 is 1.08 bits per heavy atom.